The number of hydrogen-bond donors (Lipinski definition) is 2. The molecule has 1 unspecified atom stereocenters. The maximum Gasteiger partial charge on any atom is 0.320 e. The molecule has 1 aromatic heterocycles. The maximum atomic E-state index is 6.01. The van der Waals surface area contributed by atoms with Crippen LogP contribution in [0.4, 0.5) is 11.7 Å². The van der Waals surface area contributed by atoms with E-state index in [-0.39, 0.29) is 6.04 Å². The molecule has 1 atom stereocenters. The summed E-state index contributed by atoms with van der Waals surface area (Å²) in [6.45, 7) is 4.83. The fraction of sp³-hybridized carbons (Fsp3) is 0.333. The highest BCUT2D eigenvalue weighted by Crippen LogP contribution is 2.31. The first-order chi connectivity index (χ1) is 9.11. The zero-order valence-corrected chi connectivity index (χ0v) is 12.9. The minimum Gasteiger partial charge on any atom is -0.406 e. The van der Waals surface area contributed by atoms with Gasteiger partial charge in [-0.3, -0.25) is 0 Å². The number of anilines is 2. The van der Waals surface area contributed by atoms with Crippen LogP contribution in [0.2, 0.25) is 5.02 Å². The molecular formula is C12H14BrClN4O. The predicted octanol–water partition coefficient (Wildman–Crippen LogP) is 3.90. The van der Waals surface area contributed by atoms with Gasteiger partial charge in [0.05, 0.1) is 21.2 Å². The third-order valence-electron chi connectivity index (χ3n) is 2.51. The zero-order chi connectivity index (χ0) is 13.8. The molecule has 0 aliphatic rings. The summed E-state index contributed by atoms with van der Waals surface area (Å²) in [6, 6.07) is 5.86. The molecule has 2 N–H and O–H groups in total. The third-order valence-corrected chi connectivity index (χ3v) is 3.91. The topological polar surface area (TPSA) is 63.0 Å². The summed E-state index contributed by atoms with van der Waals surface area (Å²) in [6.07, 6.45) is 0. The molecule has 2 rings (SSSR count). The molecule has 1 heterocycles. The lowest BCUT2D eigenvalue weighted by Crippen LogP contribution is -2.17. The highest BCUT2D eigenvalue weighted by Gasteiger charge is 2.13. The van der Waals surface area contributed by atoms with Gasteiger partial charge in [0, 0.05) is 0 Å². The summed E-state index contributed by atoms with van der Waals surface area (Å²) in [4.78, 5) is 0. The molecule has 0 fully saturated rings. The van der Waals surface area contributed by atoms with Gasteiger partial charge in [-0.15, -0.1) is 5.10 Å². The largest absolute Gasteiger partial charge is 0.406 e. The van der Waals surface area contributed by atoms with E-state index in [2.05, 4.69) is 36.8 Å². The molecule has 7 heteroatoms. The van der Waals surface area contributed by atoms with Crippen LogP contribution in [0, 0.1) is 0 Å². The molecule has 0 amide bonds. The summed E-state index contributed by atoms with van der Waals surface area (Å²) in [5.41, 5.74) is 0.777. The molecular weight excluding hydrogens is 332 g/mol. The van der Waals surface area contributed by atoms with Gasteiger partial charge >= 0.3 is 6.01 Å². The van der Waals surface area contributed by atoms with Crippen molar-refractivity contribution in [1.82, 2.24) is 15.5 Å². The Bertz CT molecular complexity index is 560. The molecule has 102 valence electrons. The molecule has 1 aromatic carbocycles. The number of nitrogens with one attached hydrogen (secondary N) is 2. The van der Waals surface area contributed by atoms with E-state index < -0.39 is 0 Å². The Morgan fingerprint density at radius 1 is 1.42 bits per heavy atom. The lowest BCUT2D eigenvalue weighted by atomic mass is 10.3. The van der Waals surface area contributed by atoms with Gasteiger partial charge in [-0.1, -0.05) is 29.7 Å². The second-order valence-electron chi connectivity index (χ2n) is 3.95. The van der Waals surface area contributed by atoms with E-state index in [9.17, 15) is 0 Å². The summed E-state index contributed by atoms with van der Waals surface area (Å²) < 4.78 is 6.30. The Labute approximate surface area is 124 Å². The van der Waals surface area contributed by atoms with Crippen molar-refractivity contribution in [2.24, 2.45) is 0 Å². The van der Waals surface area contributed by atoms with Crippen LogP contribution in [0.15, 0.2) is 27.1 Å². The number of rotatable bonds is 5. The molecule has 5 nitrogen and oxygen atoms in total. The minimum atomic E-state index is 0.0239. The predicted molar refractivity (Wildman–Crippen MR) is 78.8 cm³/mol. The zero-order valence-electron chi connectivity index (χ0n) is 10.6. The fourth-order valence-electron chi connectivity index (χ4n) is 1.57. The molecule has 0 bridgehead atoms. The molecule has 0 saturated heterocycles. The standard InChI is InChI=1S/C12H14BrClN4O/c1-3-15-7(2)11-17-18-12(19-11)16-9-6-4-5-8(14)10(9)13/h4-7,15H,3H2,1-2H3,(H,16,18). The molecule has 0 saturated carbocycles. The van der Waals surface area contributed by atoms with Crippen LogP contribution in [0.5, 0.6) is 0 Å². The first-order valence-electron chi connectivity index (χ1n) is 5.89. The molecule has 0 aliphatic carbocycles. The van der Waals surface area contributed by atoms with Gasteiger partial charge in [0.25, 0.3) is 0 Å². The SMILES string of the molecule is CCNC(C)c1nnc(Nc2cccc(Cl)c2Br)o1. The average molecular weight is 346 g/mol. The van der Waals surface area contributed by atoms with Crippen molar-refractivity contribution < 1.29 is 4.42 Å². The van der Waals surface area contributed by atoms with Gasteiger partial charge in [-0.2, -0.15) is 0 Å². The van der Waals surface area contributed by atoms with E-state index in [1.165, 1.54) is 0 Å². The normalized spacial score (nSPS) is 12.4. The summed E-state index contributed by atoms with van der Waals surface area (Å²) in [5.74, 6) is 0.544. The van der Waals surface area contributed by atoms with Crippen LogP contribution in [-0.2, 0) is 0 Å². The number of nitrogens with zero attached hydrogens (tertiary/aromatic N) is 2. The molecule has 2 aromatic rings. The fourth-order valence-corrected chi connectivity index (χ4v) is 2.11. The molecule has 19 heavy (non-hydrogen) atoms. The van der Waals surface area contributed by atoms with Gasteiger partial charge in [0.1, 0.15) is 0 Å². The number of halogens is 2. The van der Waals surface area contributed by atoms with Crippen molar-refractivity contribution in [3.63, 3.8) is 0 Å². The average Bonchev–Trinajstić information content (AvgIpc) is 2.84. The highest BCUT2D eigenvalue weighted by molar-refractivity contribution is 9.10. The highest BCUT2D eigenvalue weighted by atomic mass is 79.9. The quantitative estimate of drug-likeness (QED) is 0.860. The van der Waals surface area contributed by atoms with E-state index in [1.807, 2.05) is 26.0 Å². The van der Waals surface area contributed by atoms with Crippen molar-refractivity contribution in [3.05, 3.63) is 33.6 Å². The van der Waals surface area contributed by atoms with Crippen molar-refractivity contribution in [3.8, 4) is 0 Å². The van der Waals surface area contributed by atoms with Crippen LogP contribution in [0.25, 0.3) is 0 Å². The van der Waals surface area contributed by atoms with Gasteiger partial charge in [0.15, 0.2) is 0 Å². The van der Waals surface area contributed by atoms with Crippen molar-refractivity contribution in [2.75, 3.05) is 11.9 Å². The monoisotopic (exact) mass is 344 g/mol. The van der Waals surface area contributed by atoms with Crippen molar-refractivity contribution in [2.45, 2.75) is 19.9 Å². The van der Waals surface area contributed by atoms with E-state index in [0.29, 0.717) is 16.9 Å². The Kier molecular flexibility index (Phi) is 4.79. The lowest BCUT2D eigenvalue weighted by Gasteiger charge is -2.07. The first-order valence-corrected chi connectivity index (χ1v) is 7.06. The second kappa shape index (κ2) is 6.36. The van der Waals surface area contributed by atoms with Gasteiger partial charge < -0.3 is 15.1 Å². The van der Waals surface area contributed by atoms with Crippen LogP contribution in [0.1, 0.15) is 25.8 Å². The maximum absolute atomic E-state index is 6.01. The summed E-state index contributed by atoms with van der Waals surface area (Å²) >= 11 is 9.42. The minimum absolute atomic E-state index is 0.0239. The van der Waals surface area contributed by atoms with E-state index >= 15 is 0 Å². The molecule has 0 aliphatic heterocycles. The number of benzene rings is 1. The van der Waals surface area contributed by atoms with Crippen LogP contribution in [-0.4, -0.2) is 16.7 Å². The van der Waals surface area contributed by atoms with Gasteiger partial charge in [-0.05, 0) is 41.5 Å². The van der Waals surface area contributed by atoms with Crippen molar-refractivity contribution >= 4 is 39.2 Å². The van der Waals surface area contributed by atoms with E-state index in [0.717, 1.165) is 16.7 Å². The number of hydrogen-bond acceptors (Lipinski definition) is 5. The van der Waals surface area contributed by atoms with E-state index in [4.69, 9.17) is 16.0 Å². The molecule has 0 radical (unpaired) electrons. The Morgan fingerprint density at radius 2 is 2.21 bits per heavy atom. The van der Waals surface area contributed by atoms with E-state index in [1.54, 1.807) is 6.07 Å². The summed E-state index contributed by atoms with van der Waals surface area (Å²) in [5, 5.41) is 14.8. The Hall–Kier alpha value is -1.11. The smallest absolute Gasteiger partial charge is 0.320 e. The first kappa shape index (κ1) is 14.3. The van der Waals surface area contributed by atoms with Gasteiger partial charge in [0.2, 0.25) is 5.89 Å². The Morgan fingerprint density at radius 3 is 2.95 bits per heavy atom. The molecule has 0 spiro atoms. The Balaban J connectivity index is 2.14. The van der Waals surface area contributed by atoms with Crippen LogP contribution in [0.3, 0.4) is 0 Å². The van der Waals surface area contributed by atoms with Crippen molar-refractivity contribution in [1.29, 1.82) is 0 Å². The second-order valence-corrected chi connectivity index (χ2v) is 5.15. The third kappa shape index (κ3) is 3.46. The van der Waals surface area contributed by atoms with Gasteiger partial charge in [-0.25, -0.2) is 0 Å². The summed E-state index contributed by atoms with van der Waals surface area (Å²) in [7, 11) is 0. The number of aromatic nitrogens is 2. The lowest BCUT2D eigenvalue weighted by molar-refractivity contribution is 0.430. The van der Waals surface area contributed by atoms with Crippen LogP contribution >= 0.6 is 27.5 Å². The van der Waals surface area contributed by atoms with Crippen LogP contribution < -0.4 is 10.6 Å².